The molecule has 0 radical (unpaired) electrons. The fraction of sp³-hybridized carbons (Fsp3) is 0.286. The Morgan fingerprint density at radius 2 is 2.10 bits per heavy atom. The maximum atomic E-state index is 12.0. The molecule has 1 amide bonds. The van der Waals surface area contributed by atoms with Crippen LogP contribution in [0.25, 0.3) is 0 Å². The maximum absolute atomic E-state index is 12.0. The van der Waals surface area contributed by atoms with Gasteiger partial charge in [-0.3, -0.25) is 10.00 Å². The number of carbonyl (C=O) groups excluding carboxylic acids is 1. The summed E-state index contributed by atoms with van der Waals surface area (Å²) in [6.07, 6.45) is 1.22. The highest BCUT2D eigenvalue weighted by atomic mass is 16.6. The molecule has 1 aromatic carbocycles. The van der Waals surface area contributed by atoms with Crippen LogP contribution in [-0.4, -0.2) is 39.4 Å². The molecule has 2 rings (SSSR count). The lowest BCUT2D eigenvalue weighted by Gasteiger charge is -2.20. The Bertz CT molecular complexity index is 514. The minimum atomic E-state index is -0.467. The lowest BCUT2D eigenvalue weighted by molar-refractivity contribution is 0.0854. The topological polar surface area (TPSA) is 78.5 Å². The van der Waals surface area contributed by atoms with Crippen LogP contribution in [0.3, 0.4) is 0 Å². The van der Waals surface area contributed by atoms with E-state index in [1.54, 1.807) is 12.3 Å². The lowest BCUT2D eigenvalue weighted by Crippen LogP contribution is -2.33. The molecule has 0 aliphatic rings. The van der Waals surface area contributed by atoms with E-state index in [2.05, 4.69) is 10.2 Å². The third kappa shape index (κ3) is 4.10. The summed E-state index contributed by atoms with van der Waals surface area (Å²) in [4.78, 5) is 13.4. The standard InChI is InChI=1S/C14H17N3O3/c18-9-8-17(10-13-6-7-15-16-13)14(19)20-11-12-4-2-1-3-5-12/h1-7,18H,8-11H2,(H,15,16). The predicted octanol–water partition coefficient (Wildman–Crippen LogP) is 1.54. The van der Waals surface area contributed by atoms with E-state index in [-0.39, 0.29) is 19.8 Å². The number of H-pyrrole nitrogens is 1. The highest BCUT2D eigenvalue weighted by Gasteiger charge is 2.15. The SMILES string of the molecule is O=C(OCc1ccccc1)N(CCO)Cc1cc[nH]n1. The first kappa shape index (κ1) is 14.1. The molecule has 1 heterocycles. The van der Waals surface area contributed by atoms with Crippen molar-refractivity contribution < 1.29 is 14.6 Å². The number of aliphatic hydroxyl groups excluding tert-OH is 1. The Hall–Kier alpha value is -2.34. The average Bonchev–Trinajstić information content (AvgIpc) is 2.98. The summed E-state index contributed by atoms with van der Waals surface area (Å²) in [6.45, 7) is 0.602. The summed E-state index contributed by atoms with van der Waals surface area (Å²) >= 11 is 0. The van der Waals surface area contributed by atoms with Crippen LogP contribution in [-0.2, 0) is 17.9 Å². The molecule has 0 unspecified atom stereocenters. The molecule has 0 aliphatic heterocycles. The molecule has 0 aliphatic carbocycles. The van der Waals surface area contributed by atoms with Crippen LogP contribution >= 0.6 is 0 Å². The van der Waals surface area contributed by atoms with Crippen LogP contribution < -0.4 is 0 Å². The Morgan fingerprint density at radius 3 is 2.75 bits per heavy atom. The Labute approximate surface area is 117 Å². The normalized spacial score (nSPS) is 10.2. The van der Waals surface area contributed by atoms with Crippen LogP contribution in [0.2, 0.25) is 0 Å². The molecule has 0 spiro atoms. The molecule has 20 heavy (non-hydrogen) atoms. The van der Waals surface area contributed by atoms with Crippen molar-refractivity contribution >= 4 is 6.09 Å². The third-order valence-electron chi connectivity index (χ3n) is 2.74. The van der Waals surface area contributed by atoms with Crippen molar-refractivity contribution in [3.05, 3.63) is 53.9 Å². The summed E-state index contributed by atoms with van der Waals surface area (Å²) in [5.41, 5.74) is 1.64. The molecule has 2 N–H and O–H groups in total. The molecule has 0 fully saturated rings. The Kier molecular flexibility index (Phi) is 5.14. The van der Waals surface area contributed by atoms with Gasteiger partial charge in [-0.2, -0.15) is 5.10 Å². The zero-order valence-electron chi connectivity index (χ0n) is 11.0. The Morgan fingerprint density at radius 1 is 1.30 bits per heavy atom. The number of amides is 1. The summed E-state index contributed by atoms with van der Waals surface area (Å²) in [7, 11) is 0. The van der Waals surface area contributed by atoms with Crippen molar-refractivity contribution in [2.24, 2.45) is 0 Å². The second kappa shape index (κ2) is 7.30. The molecule has 0 bridgehead atoms. The van der Waals surface area contributed by atoms with Gasteiger partial charge in [0.15, 0.2) is 0 Å². The molecule has 0 atom stereocenters. The first-order valence-corrected chi connectivity index (χ1v) is 6.34. The van der Waals surface area contributed by atoms with Gasteiger partial charge in [-0.15, -0.1) is 0 Å². The van der Waals surface area contributed by atoms with E-state index in [1.165, 1.54) is 4.90 Å². The van der Waals surface area contributed by atoms with Crippen molar-refractivity contribution in [1.29, 1.82) is 0 Å². The molecule has 6 nitrogen and oxygen atoms in total. The maximum Gasteiger partial charge on any atom is 0.410 e. The van der Waals surface area contributed by atoms with E-state index in [1.807, 2.05) is 30.3 Å². The molecular weight excluding hydrogens is 258 g/mol. The minimum absolute atomic E-state index is 0.120. The van der Waals surface area contributed by atoms with E-state index >= 15 is 0 Å². The van der Waals surface area contributed by atoms with Crippen LogP contribution in [0.5, 0.6) is 0 Å². The largest absolute Gasteiger partial charge is 0.445 e. The first-order valence-electron chi connectivity index (χ1n) is 6.34. The van der Waals surface area contributed by atoms with E-state index in [9.17, 15) is 4.79 Å². The van der Waals surface area contributed by atoms with Crippen LogP contribution in [0, 0.1) is 0 Å². The number of aromatic nitrogens is 2. The number of aliphatic hydroxyl groups is 1. The number of ether oxygens (including phenoxy) is 1. The fourth-order valence-corrected chi connectivity index (χ4v) is 1.74. The van der Waals surface area contributed by atoms with Gasteiger partial charge >= 0.3 is 6.09 Å². The van der Waals surface area contributed by atoms with Crippen molar-refractivity contribution in [2.75, 3.05) is 13.2 Å². The second-order valence-electron chi connectivity index (χ2n) is 4.25. The number of benzene rings is 1. The molecular formula is C14H17N3O3. The molecule has 1 aromatic heterocycles. The monoisotopic (exact) mass is 275 g/mol. The van der Waals surface area contributed by atoms with Crippen LogP contribution in [0.1, 0.15) is 11.3 Å². The number of hydrogen-bond acceptors (Lipinski definition) is 4. The summed E-state index contributed by atoms with van der Waals surface area (Å²) < 4.78 is 5.23. The van der Waals surface area contributed by atoms with Gasteiger partial charge in [-0.1, -0.05) is 30.3 Å². The number of rotatable bonds is 6. The zero-order chi connectivity index (χ0) is 14.2. The molecule has 2 aromatic rings. The van der Waals surface area contributed by atoms with Crippen molar-refractivity contribution in [3.8, 4) is 0 Å². The molecule has 6 heteroatoms. The number of aromatic amines is 1. The average molecular weight is 275 g/mol. The lowest BCUT2D eigenvalue weighted by atomic mass is 10.2. The minimum Gasteiger partial charge on any atom is -0.445 e. The fourth-order valence-electron chi connectivity index (χ4n) is 1.74. The van der Waals surface area contributed by atoms with Gasteiger partial charge in [0.25, 0.3) is 0 Å². The van der Waals surface area contributed by atoms with Crippen molar-refractivity contribution in [3.63, 3.8) is 0 Å². The number of nitrogens with one attached hydrogen (secondary N) is 1. The zero-order valence-corrected chi connectivity index (χ0v) is 11.0. The van der Waals surface area contributed by atoms with E-state index in [0.29, 0.717) is 6.54 Å². The quantitative estimate of drug-likeness (QED) is 0.838. The van der Waals surface area contributed by atoms with Gasteiger partial charge < -0.3 is 9.84 Å². The van der Waals surface area contributed by atoms with Gasteiger partial charge in [0, 0.05) is 12.7 Å². The summed E-state index contributed by atoms with van der Waals surface area (Å²) in [5, 5.41) is 15.7. The van der Waals surface area contributed by atoms with Crippen molar-refractivity contribution in [1.82, 2.24) is 15.1 Å². The predicted molar refractivity (Wildman–Crippen MR) is 72.7 cm³/mol. The Balaban J connectivity index is 1.89. The highest BCUT2D eigenvalue weighted by molar-refractivity contribution is 5.67. The second-order valence-corrected chi connectivity index (χ2v) is 4.25. The molecule has 0 saturated heterocycles. The first-order chi connectivity index (χ1) is 9.79. The summed E-state index contributed by atoms with van der Waals surface area (Å²) in [6, 6.07) is 11.2. The van der Waals surface area contributed by atoms with Gasteiger partial charge in [-0.25, -0.2) is 4.79 Å². The third-order valence-corrected chi connectivity index (χ3v) is 2.74. The number of carbonyl (C=O) groups is 1. The van der Waals surface area contributed by atoms with E-state index < -0.39 is 6.09 Å². The summed E-state index contributed by atoms with van der Waals surface area (Å²) in [5.74, 6) is 0. The number of nitrogens with zero attached hydrogens (tertiary/aromatic N) is 2. The van der Waals surface area contributed by atoms with Crippen LogP contribution in [0.4, 0.5) is 4.79 Å². The smallest absolute Gasteiger partial charge is 0.410 e. The van der Waals surface area contributed by atoms with Gasteiger partial charge in [0.2, 0.25) is 0 Å². The van der Waals surface area contributed by atoms with Crippen molar-refractivity contribution in [2.45, 2.75) is 13.2 Å². The van der Waals surface area contributed by atoms with Crippen LogP contribution in [0.15, 0.2) is 42.6 Å². The highest BCUT2D eigenvalue weighted by Crippen LogP contribution is 2.06. The molecule has 106 valence electrons. The van der Waals surface area contributed by atoms with E-state index in [0.717, 1.165) is 11.3 Å². The van der Waals surface area contributed by atoms with Gasteiger partial charge in [0.1, 0.15) is 6.61 Å². The number of hydrogen-bond donors (Lipinski definition) is 2. The van der Waals surface area contributed by atoms with Gasteiger partial charge in [-0.05, 0) is 11.6 Å². The van der Waals surface area contributed by atoms with Gasteiger partial charge in [0.05, 0.1) is 18.8 Å². The van der Waals surface area contributed by atoms with E-state index in [4.69, 9.17) is 9.84 Å². The molecule has 0 saturated carbocycles.